The standard InChI is InChI=1S/C19H25N3O3/c1-14(2)12-22-8-9-24-16(13-22)11-20-19(23)18-10-17(21-25-18)15-6-4-3-5-7-15/h3-7,10,14,16H,8-9,11-13H2,1-2H3,(H,20,23). The van der Waals surface area contributed by atoms with Crippen LogP contribution < -0.4 is 5.32 Å². The molecule has 0 bridgehead atoms. The van der Waals surface area contributed by atoms with Crippen molar-refractivity contribution < 1.29 is 14.1 Å². The number of nitrogens with one attached hydrogen (secondary N) is 1. The molecule has 25 heavy (non-hydrogen) atoms. The van der Waals surface area contributed by atoms with Crippen molar-refractivity contribution in [2.75, 3.05) is 32.8 Å². The van der Waals surface area contributed by atoms with Crippen molar-refractivity contribution in [3.63, 3.8) is 0 Å². The van der Waals surface area contributed by atoms with E-state index >= 15 is 0 Å². The van der Waals surface area contributed by atoms with Crippen LogP contribution in [0.15, 0.2) is 40.9 Å². The maximum Gasteiger partial charge on any atom is 0.290 e. The number of morpholine rings is 1. The third kappa shape index (κ3) is 4.90. The fraction of sp³-hybridized carbons (Fsp3) is 0.474. The molecule has 1 unspecified atom stereocenters. The Morgan fingerprint density at radius 2 is 2.16 bits per heavy atom. The smallest absolute Gasteiger partial charge is 0.290 e. The lowest BCUT2D eigenvalue weighted by Gasteiger charge is -2.33. The Morgan fingerprint density at radius 1 is 1.36 bits per heavy atom. The second-order valence-corrected chi connectivity index (χ2v) is 6.80. The van der Waals surface area contributed by atoms with Crippen LogP contribution in [0, 0.1) is 5.92 Å². The zero-order chi connectivity index (χ0) is 17.6. The molecule has 6 nitrogen and oxygen atoms in total. The van der Waals surface area contributed by atoms with E-state index in [0.717, 1.165) is 25.2 Å². The number of hydrogen-bond donors (Lipinski definition) is 1. The Bertz CT molecular complexity index is 684. The van der Waals surface area contributed by atoms with Gasteiger partial charge in [-0.3, -0.25) is 9.69 Å². The molecule has 0 aliphatic carbocycles. The van der Waals surface area contributed by atoms with Crippen LogP contribution in [0.1, 0.15) is 24.4 Å². The van der Waals surface area contributed by atoms with E-state index in [1.54, 1.807) is 6.07 Å². The number of carbonyl (C=O) groups is 1. The van der Waals surface area contributed by atoms with Crippen molar-refractivity contribution in [2.45, 2.75) is 20.0 Å². The van der Waals surface area contributed by atoms with Crippen molar-refractivity contribution in [3.05, 3.63) is 42.2 Å². The number of carbonyl (C=O) groups excluding carboxylic acids is 1. The molecule has 1 atom stereocenters. The van der Waals surface area contributed by atoms with E-state index in [1.807, 2.05) is 30.3 Å². The Kier molecular flexibility index (Phi) is 5.83. The van der Waals surface area contributed by atoms with E-state index in [9.17, 15) is 4.79 Å². The van der Waals surface area contributed by atoms with Gasteiger partial charge in [0.05, 0.1) is 12.7 Å². The predicted molar refractivity (Wildman–Crippen MR) is 95.3 cm³/mol. The summed E-state index contributed by atoms with van der Waals surface area (Å²) in [6.45, 7) is 8.43. The molecule has 6 heteroatoms. The molecule has 0 radical (unpaired) electrons. The molecule has 2 heterocycles. The normalized spacial score (nSPS) is 18.4. The van der Waals surface area contributed by atoms with Gasteiger partial charge in [-0.2, -0.15) is 0 Å². The van der Waals surface area contributed by atoms with E-state index in [0.29, 0.717) is 24.8 Å². The van der Waals surface area contributed by atoms with Gasteiger partial charge in [0.15, 0.2) is 0 Å². The van der Waals surface area contributed by atoms with Crippen molar-refractivity contribution in [3.8, 4) is 11.3 Å². The van der Waals surface area contributed by atoms with Gasteiger partial charge in [0.25, 0.3) is 5.91 Å². The molecule has 1 aromatic carbocycles. The van der Waals surface area contributed by atoms with Gasteiger partial charge in [-0.05, 0) is 5.92 Å². The third-order valence-corrected chi connectivity index (χ3v) is 4.14. The van der Waals surface area contributed by atoms with E-state index in [2.05, 4.69) is 29.2 Å². The van der Waals surface area contributed by atoms with Crippen LogP contribution in [-0.4, -0.2) is 54.9 Å². The van der Waals surface area contributed by atoms with Crippen LogP contribution in [0.2, 0.25) is 0 Å². The second kappa shape index (κ2) is 8.27. The van der Waals surface area contributed by atoms with Gasteiger partial charge in [-0.1, -0.05) is 49.3 Å². The molecule has 134 valence electrons. The number of benzene rings is 1. The van der Waals surface area contributed by atoms with Crippen LogP contribution >= 0.6 is 0 Å². The highest BCUT2D eigenvalue weighted by Crippen LogP contribution is 2.18. The fourth-order valence-electron chi connectivity index (χ4n) is 3.01. The van der Waals surface area contributed by atoms with Gasteiger partial charge < -0.3 is 14.6 Å². The molecule has 3 rings (SSSR count). The number of amides is 1. The molecule has 1 aromatic heterocycles. The quantitative estimate of drug-likeness (QED) is 0.872. The monoisotopic (exact) mass is 343 g/mol. The van der Waals surface area contributed by atoms with Crippen LogP contribution in [-0.2, 0) is 4.74 Å². The summed E-state index contributed by atoms with van der Waals surface area (Å²) in [5, 5.41) is 6.85. The van der Waals surface area contributed by atoms with E-state index < -0.39 is 0 Å². The molecular formula is C19H25N3O3. The number of nitrogens with zero attached hydrogens (tertiary/aromatic N) is 2. The van der Waals surface area contributed by atoms with Gasteiger partial charge in [-0.25, -0.2) is 0 Å². The van der Waals surface area contributed by atoms with Crippen LogP contribution in [0.5, 0.6) is 0 Å². The lowest BCUT2D eigenvalue weighted by atomic mass is 10.1. The van der Waals surface area contributed by atoms with Gasteiger partial charge in [0.1, 0.15) is 5.69 Å². The molecule has 1 fully saturated rings. The van der Waals surface area contributed by atoms with Gasteiger partial charge >= 0.3 is 0 Å². The summed E-state index contributed by atoms with van der Waals surface area (Å²) in [5.41, 5.74) is 1.58. The summed E-state index contributed by atoms with van der Waals surface area (Å²) in [4.78, 5) is 14.7. The molecule has 1 amide bonds. The van der Waals surface area contributed by atoms with Crippen molar-refractivity contribution in [2.24, 2.45) is 5.92 Å². The first-order chi connectivity index (χ1) is 12.1. The number of hydrogen-bond acceptors (Lipinski definition) is 5. The average molecular weight is 343 g/mol. The zero-order valence-electron chi connectivity index (χ0n) is 14.8. The van der Waals surface area contributed by atoms with Crippen molar-refractivity contribution in [1.82, 2.24) is 15.4 Å². The summed E-state index contributed by atoms with van der Waals surface area (Å²) in [5.74, 6) is 0.576. The number of aromatic nitrogens is 1. The van der Waals surface area contributed by atoms with Crippen LogP contribution in [0.25, 0.3) is 11.3 Å². The summed E-state index contributed by atoms with van der Waals surface area (Å²) >= 11 is 0. The molecule has 0 spiro atoms. The summed E-state index contributed by atoms with van der Waals surface area (Å²) in [7, 11) is 0. The predicted octanol–water partition coefficient (Wildman–Crippen LogP) is 2.43. The van der Waals surface area contributed by atoms with Crippen LogP contribution in [0.3, 0.4) is 0 Å². The highest BCUT2D eigenvalue weighted by Gasteiger charge is 2.22. The van der Waals surface area contributed by atoms with Crippen LogP contribution in [0.4, 0.5) is 0 Å². The SMILES string of the molecule is CC(C)CN1CCOC(CNC(=O)c2cc(-c3ccccc3)no2)C1. The minimum atomic E-state index is -0.265. The minimum absolute atomic E-state index is 0.00738. The zero-order valence-corrected chi connectivity index (χ0v) is 14.8. The van der Waals surface area contributed by atoms with Crippen molar-refractivity contribution in [1.29, 1.82) is 0 Å². The Morgan fingerprint density at radius 3 is 2.92 bits per heavy atom. The molecular weight excluding hydrogens is 318 g/mol. The average Bonchev–Trinajstić information content (AvgIpc) is 3.10. The van der Waals surface area contributed by atoms with E-state index in [-0.39, 0.29) is 17.8 Å². The third-order valence-electron chi connectivity index (χ3n) is 4.14. The first-order valence-corrected chi connectivity index (χ1v) is 8.76. The van der Waals surface area contributed by atoms with Gasteiger partial charge in [0.2, 0.25) is 5.76 Å². The maximum absolute atomic E-state index is 12.3. The molecule has 2 aromatic rings. The summed E-state index contributed by atoms with van der Waals surface area (Å²) in [6.07, 6.45) is 0.00738. The first kappa shape index (κ1) is 17.6. The Balaban J connectivity index is 1.52. The van der Waals surface area contributed by atoms with Gasteiger partial charge in [-0.15, -0.1) is 0 Å². The molecule has 1 N–H and O–H groups in total. The molecule has 1 aliphatic heterocycles. The topological polar surface area (TPSA) is 67.6 Å². The summed E-state index contributed by atoms with van der Waals surface area (Å²) < 4.78 is 10.9. The first-order valence-electron chi connectivity index (χ1n) is 8.76. The molecule has 1 aliphatic rings. The molecule has 1 saturated heterocycles. The Labute approximate surface area is 148 Å². The highest BCUT2D eigenvalue weighted by atomic mass is 16.5. The highest BCUT2D eigenvalue weighted by molar-refractivity contribution is 5.92. The summed E-state index contributed by atoms with van der Waals surface area (Å²) in [6, 6.07) is 11.3. The largest absolute Gasteiger partial charge is 0.374 e. The fourth-order valence-corrected chi connectivity index (χ4v) is 3.01. The van der Waals surface area contributed by atoms with Gasteiger partial charge in [0, 0.05) is 37.8 Å². The van der Waals surface area contributed by atoms with Crippen molar-refractivity contribution >= 4 is 5.91 Å². The van der Waals surface area contributed by atoms with E-state index in [4.69, 9.17) is 9.26 Å². The Hall–Kier alpha value is -2.18. The number of ether oxygens (including phenoxy) is 1. The minimum Gasteiger partial charge on any atom is -0.374 e. The second-order valence-electron chi connectivity index (χ2n) is 6.80. The lowest BCUT2D eigenvalue weighted by Crippen LogP contribution is -2.48. The maximum atomic E-state index is 12.3. The number of rotatable bonds is 6. The lowest BCUT2D eigenvalue weighted by molar-refractivity contribution is -0.0296. The molecule has 0 saturated carbocycles. The van der Waals surface area contributed by atoms with E-state index in [1.165, 1.54) is 0 Å².